The number of hydrogen-bond acceptors (Lipinski definition) is 8. The van der Waals surface area contributed by atoms with Crippen LogP contribution in [0.4, 0.5) is 0 Å². The maximum Gasteiger partial charge on any atom is 0.331 e. The third-order valence-corrected chi connectivity index (χ3v) is 3.57. The lowest BCUT2D eigenvalue weighted by atomic mass is 10.0. The normalized spacial score (nSPS) is 14.1. The third kappa shape index (κ3) is 7.31. The molecule has 0 heterocycles. The van der Waals surface area contributed by atoms with Gasteiger partial charge in [0.25, 0.3) is 5.91 Å². The molecule has 27 heavy (non-hydrogen) atoms. The Kier molecular flexibility index (Phi) is 9.37. The predicted molar refractivity (Wildman–Crippen MR) is 92.1 cm³/mol. The van der Waals surface area contributed by atoms with Crippen LogP contribution in [0.25, 0.3) is 0 Å². The standard InChI is InChI=1S/C17H24N2O8/c1-26-17(25)14(7-11-5-3-2-4-6-11)19(27-10-12(21)9-20)16(24)13(18)8-15(22)23/h2-6,12-14,20-21H,7-10,18H2,1H3,(H,22,23)/t12?,13-,14-/m0/s1. The SMILES string of the molecule is COC(=O)[C@H](Cc1ccccc1)N(OCC(O)CO)C(=O)[C@@H](N)CC(=O)O. The number of methoxy groups -OCH3 is 1. The number of aliphatic carboxylic acids is 1. The van der Waals surface area contributed by atoms with Crippen LogP contribution in [0.3, 0.4) is 0 Å². The maximum atomic E-state index is 12.6. The van der Waals surface area contributed by atoms with Crippen molar-refractivity contribution in [2.24, 2.45) is 5.73 Å². The van der Waals surface area contributed by atoms with Crippen LogP contribution < -0.4 is 5.73 Å². The lowest BCUT2D eigenvalue weighted by Gasteiger charge is -2.31. The summed E-state index contributed by atoms with van der Waals surface area (Å²) in [5, 5.41) is 27.9. The van der Waals surface area contributed by atoms with Gasteiger partial charge in [-0.2, -0.15) is 0 Å². The topological polar surface area (TPSA) is 160 Å². The van der Waals surface area contributed by atoms with Gasteiger partial charge >= 0.3 is 11.9 Å². The number of aliphatic hydroxyl groups is 2. The van der Waals surface area contributed by atoms with E-state index in [0.29, 0.717) is 10.6 Å². The summed E-state index contributed by atoms with van der Waals surface area (Å²) in [7, 11) is 1.13. The number of benzene rings is 1. The van der Waals surface area contributed by atoms with E-state index in [1.807, 2.05) is 0 Å². The van der Waals surface area contributed by atoms with Gasteiger partial charge in [-0.25, -0.2) is 9.86 Å². The van der Waals surface area contributed by atoms with Crippen LogP contribution >= 0.6 is 0 Å². The molecule has 1 aromatic carbocycles. The highest BCUT2D eigenvalue weighted by Crippen LogP contribution is 2.14. The van der Waals surface area contributed by atoms with Crippen molar-refractivity contribution in [2.45, 2.75) is 31.0 Å². The van der Waals surface area contributed by atoms with Gasteiger partial charge in [0.15, 0.2) is 6.04 Å². The first-order valence-electron chi connectivity index (χ1n) is 8.14. The molecule has 0 spiro atoms. The van der Waals surface area contributed by atoms with Crippen LogP contribution in [0, 0.1) is 0 Å². The number of carbonyl (C=O) groups is 3. The van der Waals surface area contributed by atoms with Crippen molar-refractivity contribution >= 4 is 17.8 Å². The van der Waals surface area contributed by atoms with E-state index in [-0.39, 0.29) is 6.42 Å². The van der Waals surface area contributed by atoms with Gasteiger partial charge < -0.3 is 25.8 Å². The van der Waals surface area contributed by atoms with Gasteiger partial charge in [0.05, 0.1) is 26.2 Å². The minimum Gasteiger partial charge on any atom is -0.481 e. The Morgan fingerprint density at radius 3 is 2.37 bits per heavy atom. The summed E-state index contributed by atoms with van der Waals surface area (Å²) < 4.78 is 4.73. The molecule has 0 aliphatic carbocycles. The second kappa shape index (κ2) is 11.2. The van der Waals surface area contributed by atoms with E-state index in [0.717, 1.165) is 7.11 Å². The monoisotopic (exact) mass is 384 g/mol. The fourth-order valence-corrected chi connectivity index (χ4v) is 2.20. The van der Waals surface area contributed by atoms with Crippen LogP contribution in [0.5, 0.6) is 0 Å². The van der Waals surface area contributed by atoms with Crippen molar-refractivity contribution in [3.63, 3.8) is 0 Å². The molecule has 0 saturated heterocycles. The van der Waals surface area contributed by atoms with Crippen LogP contribution in [0.1, 0.15) is 12.0 Å². The van der Waals surface area contributed by atoms with Crippen molar-refractivity contribution < 1.29 is 39.3 Å². The van der Waals surface area contributed by atoms with Crippen molar-refractivity contribution in [3.05, 3.63) is 35.9 Å². The number of hydroxylamine groups is 2. The minimum atomic E-state index is -1.48. The van der Waals surface area contributed by atoms with Crippen LogP contribution in [0.15, 0.2) is 30.3 Å². The maximum absolute atomic E-state index is 12.6. The fraction of sp³-hybridized carbons (Fsp3) is 0.471. The van der Waals surface area contributed by atoms with E-state index in [1.165, 1.54) is 0 Å². The van der Waals surface area contributed by atoms with Gasteiger partial charge in [0.1, 0.15) is 12.7 Å². The second-order valence-electron chi connectivity index (χ2n) is 5.73. The van der Waals surface area contributed by atoms with Crippen LogP contribution in [0.2, 0.25) is 0 Å². The molecule has 1 rings (SSSR count). The summed E-state index contributed by atoms with van der Waals surface area (Å²) in [4.78, 5) is 40.9. The Bertz CT molecular complexity index is 625. The van der Waals surface area contributed by atoms with Crippen molar-refractivity contribution in [3.8, 4) is 0 Å². The fourth-order valence-electron chi connectivity index (χ4n) is 2.20. The predicted octanol–water partition coefficient (Wildman–Crippen LogP) is -1.31. The molecule has 0 aliphatic heterocycles. The van der Waals surface area contributed by atoms with E-state index in [4.69, 9.17) is 25.5 Å². The molecule has 1 aromatic rings. The molecule has 3 atom stereocenters. The van der Waals surface area contributed by atoms with Crippen LogP contribution in [-0.2, 0) is 30.4 Å². The molecular formula is C17H24N2O8. The molecule has 0 bridgehead atoms. The third-order valence-electron chi connectivity index (χ3n) is 3.57. The molecule has 0 aromatic heterocycles. The number of carboxylic acid groups (broad SMARTS) is 1. The molecule has 10 heteroatoms. The molecule has 1 unspecified atom stereocenters. The number of aliphatic hydroxyl groups excluding tert-OH is 2. The van der Waals surface area contributed by atoms with Gasteiger partial charge in [0.2, 0.25) is 0 Å². The molecule has 0 aliphatic rings. The van der Waals surface area contributed by atoms with Gasteiger partial charge in [-0.3, -0.25) is 14.4 Å². The summed E-state index contributed by atoms with van der Waals surface area (Å²) >= 11 is 0. The number of nitrogens with zero attached hydrogens (tertiary/aromatic N) is 1. The first-order valence-corrected chi connectivity index (χ1v) is 8.14. The molecule has 0 radical (unpaired) electrons. The first-order chi connectivity index (χ1) is 12.8. The van der Waals surface area contributed by atoms with E-state index in [9.17, 15) is 19.5 Å². The number of ether oxygens (including phenoxy) is 1. The van der Waals surface area contributed by atoms with Gasteiger partial charge in [-0.15, -0.1) is 0 Å². The smallest absolute Gasteiger partial charge is 0.331 e. The number of nitrogens with two attached hydrogens (primary N) is 1. The molecule has 0 fully saturated rings. The highest BCUT2D eigenvalue weighted by atomic mass is 16.7. The molecule has 0 saturated carbocycles. The number of carbonyl (C=O) groups excluding carboxylic acids is 2. The molecule has 150 valence electrons. The van der Waals surface area contributed by atoms with E-state index in [2.05, 4.69) is 0 Å². The zero-order valence-electron chi connectivity index (χ0n) is 14.9. The quantitative estimate of drug-likeness (QED) is 0.268. The van der Waals surface area contributed by atoms with E-state index in [1.54, 1.807) is 30.3 Å². The Hall–Kier alpha value is -2.53. The van der Waals surface area contributed by atoms with E-state index >= 15 is 0 Å². The van der Waals surface area contributed by atoms with Crippen molar-refractivity contribution in [1.82, 2.24) is 5.06 Å². The summed E-state index contributed by atoms with van der Waals surface area (Å²) in [6, 6.07) is 5.95. The van der Waals surface area contributed by atoms with Crippen molar-refractivity contribution in [1.29, 1.82) is 0 Å². The number of rotatable bonds is 11. The average molecular weight is 384 g/mol. The van der Waals surface area contributed by atoms with Gasteiger partial charge in [-0.05, 0) is 5.56 Å². The molecule has 1 amide bonds. The lowest BCUT2D eigenvalue weighted by molar-refractivity contribution is -0.218. The summed E-state index contributed by atoms with van der Waals surface area (Å²) in [5.41, 5.74) is 6.30. The Labute approximate surface area is 156 Å². The average Bonchev–Trinajstić information content (AvgIpc) is 2.66. The number of hydrogen-bond donors (Lipinski definition) is 4. The highest BCUT2D eigenvalue weighted by molar-refractivity contribution is 5.89. The summed E-state index contributed by atoms with van der Waals surface area (Å²) in [6.45, 7) is -1.14. The van der Waals surface area contributed by atoms with Gasteiger partial charge in [0, 0.05) is 6.42 Å². The second-order valence-corrected chi connectivity index (χ2v) is 5.73. The highest BCUT2D eigenvalue weighted by Gasteiger charge is 2.36. The minimum absolute atomic E-state index is 0.00820. The lowest BCUT2D eigenvalue weighted by Crippen LogP contribution is -2.53. The van der Waals surface area contributed by atoms with Gasteiger partial charge in [-0.1, -0.05) is 30.3 Å². The zero-order chi connectivity index (χ0) is 20.4. The molecule has 5 N–H and O–H groups in total. The first kappa shape index (κ1) is 22.5. The largest absolute Gasteiger partial charge is 0.481 e. The number of amides is 1. The zero-order valence-corrected chi connectivity index (χ0v) is 14.9. The summed E-state index contributed by atoms with van der Waals surface area (Å²) in [5.74, 6) is -3.08. The van der Waals surface area contributed by atoms with Crippen LogP contribution in [-0.4, -0.2) is 76.7 Å². The Morgan fingerprint density at radius 1 is 1.22 bits per heavy atom. The number of esters is 1. The molecular weight excluding hydrogens is 360 g/mol. The molecule has 10 nitrogen and oxygen atoms in total. The Morgan fingerprint density at radius 2 is 1.85 bits per heavy atom. The Balaban J connectivity index is 3.12. The number of carboxylic acids is 1. The van der Waals surface area contributed by atoms with E-state index < -0.39 is 55.7 Å². The van der Waals surface area contributed by atoms with Crippen molar-refractivity contribution in [2.75, 3.05) is 20.3 Å². The summed E-state index contributed by atoms with van der Waals surface area (Å²) in [6.07, 6.45) is -1.99.